The summed E-state index contributed by atoms with van der Waals surface area (Å²) in [6.45, 7) is -0.453. The first-order valence-corrected chi connectivity index (χ1v) is 7.11. The average molecular weight is 341 g/mol. The predicted molar refractivity (Wildman–Crippen MR) is 70.1 cm³/mol. The third kappa shape index (κ3) is 4.99. The lowest BCUT2D eigenvalue weighted by atomic mass is 10.1. The summed E-state index contributed by atoms with van der Waals surface area (Å²) in [4.78, 5) is 15.0. The van der Waals surface area contributed by atoms with Gasteiger partial charge in [-0.05, 0) is 6.07 Å². The molecule has 0 aliphatic carbocycles. The maximum atomic E-state index is 11.5. The molecule has 0 radical (unpaired) electrons. The molecule has 2 rings (SSSR count). The molecule has 0 bridgehead atoms. The molecule has 12 nitrogen and oxygen atoms in total. The van der Waals surface area contributed by atoms with Crippen molar-refractivity contribution in [2.75, 3.05) is 12.3 Å². The van der Waals surface area contributed by atoms with Crippen LogP contribution in [0, 0.1) is 0 Å². The third-order valence-electron chi connectivity index (χ3n) is 2.64. The molecule has 0 spiro atoms. The Morgan fingerprint density at radius 1 is 1.32 bits per heavy atom. The van der Waals surface area contributed by atoms with Crippen molar-refractivity contribution < 1.29 is 37.6 Å². The van der Waals surface area contributed by atoms with Gasteiger partial charge in [0.1, 0.15) is 24.1 Å². The van der Waals surface area contributed by atoms with Gasteiger partial charge in [-0.1, -0.05) is 0 Å². The number of rotatable bonds is 2. The first-order chi connectivity index (χ1) is 10.0. The summed E-state index contributed by atoms with van der Waals surface area (Å²) in [5.74, 6) is 0.0537. The molecular weight excluding hydrogens is 326 g/mol. The highest BCUT2D eigenvalue weighted by molar-refractivity contribution is 7.79. The number of aliphatic hydroxyl groups excluding tert-OH is 3. The van der Waals surface area contributed by atoms with Crippen molar-refractivity contribution in [2.45, 2.75) is 24.5 Å². The number of hydrogen-bond acceptors (Lipinski definition) is 9. The Labute approximate surface area is 124 Å². The van der Waals surface area contributed by atoms with Crippen molar-refractivity contribution in [3.63, 3.8) is 0 Å². The van der Waals surface area contributed by atoms with Crippen LogP contribution in [0.4, 0.5) is 5.82 Å². The van der Waals surface area contributed by atoms with Crippen molar-refractivity contribution >= 4 is 16.2 Å². The fourth-order valence-electron chi connectivity index (χ4n) is 1.73. The molecule has 7 N–H and O–H groups in total. The van der Waals surface area contributed by atoms with Crippen LogP contribution < -0.4 is 11.4 Å². The summed E-state index contributed by atoms with van der Waals surface area (Å²) in [6, 6.07) is 1.37. The number of anilines is 1. The molecule has 1 saturated heterocycles. The summed E-state index contributed by atoms with van der Waals surface area (Å²) < 4.78 is 37.8. The summed E-state index contributed by atoms with van der Waals surface area (Å²) in [7, 11) is -4.67. The van der Waals surface area contributed by atoms with Crippen molar-refractivity contribution in [1.29, 1.82) is 0 Å². The van der Waals surface area contributed by atoms with E-state index in [4.69, 9.17) is 33.1 Å². The molecule has 1 fully saturated rings. The second kappa shape index (κ2) is 7.10. The topological polar surface area (TPSA) is 205 Å². The van der Waals surface area contributed by atoms with E-state index in [-0.39, 0.29) is 5.82 Å². The van der Waals surface area contributed by atoms with Gasteiger partial charge in [-0.3, -0.25) is 13.7 Å². The molecule has 1 aromatic heterocycles. The Morgan fingerprint density at radius 2 is 1.86 bits per heavy atom. The lowest BCUT2D eigenvalue weighted by Crippen LogP contribution is -2.36. The van der Waals surface area contributed by atoms with E-state index in [0.29, 0.717) is 0 Å². The standard InChI is InChI=1S/C9H13N3O5.H2O4S/c10-5-1-2-12(9(16)11-5)8-7(15)6(14)4(3-13)17-8;1-5(2,3)4/h1-2,4,6-8,13-15H,3H2,(H2,10,11,16);(H2,1,2,3,4)/t4-,6?,7?,8-;/m1./s1. The first-order valence-electron chi connectivity index (χ1n) is 5.71. The van der Waals surface area contributed by atoms with E-state index >= 15 is 0 Å². The largest absolute Gasteiger partial charge is 0.394 e. The maximum absolute atomic E-state index is 11.5. The average Bonchev–Trinajstić information content (AvgIpc) is 2.64. The Morgan fingerprint density at radius 3 is 2.27 bits per heavy atom. The lowest BCUT2D eigenvalue weighted by molar-refractivity contribution is -0.0549. The maximum Gasteiger partial charge on any atom is 0.394 e. The SMILES string of the molecule is Nc1ccn([C@@H]2O[C@H](CO)C(O)C2O)c(=O)n1.O=S(=O)(O)O. The first kappa shape index (κ1) is 18.4. The van der Waals surface area contributed by atoms with Crippen LogP contribution in [-0.4, -0.2) is 67.3 Å². The van der Waals surface area contributed by atoms with Crippen LogP contribution in [0.1, 0.15) is 6.23 Å². The smallest absolute Gasteiger partial charge is 0.394 e. The molecule has 4 atom stereocenters. The van der Waals surface area contributed by atoms with Crippen molar-refractivity contribution in [3.8, 4) is 0 Å². The fourth-order valence-corrected chi connectivity index (χ4v) is 1.73. The van der Waals surface area contributed by atoms with E-state index in [1.807, 2.05) is 0 Å². The van der Waals surface area contributed by atoms with E-state index < -0.39 is 47.2 Å². The second-order valence-corrected chi connectivity index (χ2v) is 5.11. The van der Waals surface area contributed by atoms with Crippen LogP contribution in [0.15, 0.2) is 17.1 Å². The van der Waals surface area contributed by atoms with Crippen molar-refractivity contribution in [1.82, 2.24) is 9.55 Å². The van der Waals surface area contributed by atoms with Gasteiger partial charge in [0, 0.05) is 6.20 Å². The number of ether oxygens (including phenoxy) is 1. The third-order valence-corrected chi connectivity index (χ3v) is 2.64. The highest BCUT2D eigenvalue weighted by atomic mass is 32.3. The zero-order valence-electron chi connectivity index (χ0n) is 10.9. The van der Waals surface area contributed by atoms with Crippen LogP contribution in [0.3, 0.4) is 0 Å². The minimum Gasteiger partial charge on any atom is -0.394 e. The van der Waals surface area contributed by atoms with Crippen molar-refractivity contribution in [3.05, 3.63) is 22.7 Å². The highest BCUT2D eigenvalue weighted by Gasteiger charge is 2.43. The molecule has 1 aliphatic heterocycles. The number of aromatic nitrogens is 2. The van der Waals surface area contributed by atoms with Gasteiger partial charge < -0.3 is 25.8 Å². The molecule has 13 heteroatoms. The fraction of sp³-hybridized carbons (Fsp3) is 0.556. The zero-order valence-corrected chi connectivity index (χ0v) is 11.7. The molecule has 1 aromatic rings. The van der Waals surface area contributed by atoms with E-state index in [1.54, 1.807) is 0 Å². The van der Waals surface area contributed by atoms with E-state index in [0.717, 1.165) is 4.57 Å². The summed E-state index contributed by atoms with van der Waals surface area (Å²) >= 11 is 0. The van der Waals surface area contributed by atoms with Gasteiger partial charge in [-0.15, -0.1) is 0 Å². The number of nitrogen functional groups attached to an aromatic ring is 1. The monoisotopic (exact) mass is 341 g/mol. The Balaban J connectivity index is 0.000000422. The van der Waals surface area contributed by atoms with Gasteiger partial charge in [0.15, 0.2) is 6.23 Å². The number of nitrogens with two attached hydrogens (primary N) is 1. The van der Waals surface area contributed by atoms with Crippen LogP contribution in [0.5, 0.6) is 0 Å². The second-order valence-electron chi connectivity index (χ2n) is 4.22. The van der Waals surface area contributed by atoms with Gasteiger partial charge in [0.05, 0.1) is 6.61 Å². The quantitative estimate of drug-likeness (QED) is 0.295. The molecule has 0 aromatic carbocycles. The van der Waals surface area contributed by atoms with Gasteiger partial charge in [0.2, 0.25) is 0 Å². The van der Waals surface area contributed by atoms with E-state index in [1.165, 1.54) is 12.3 Å². The van der Waals surface area contributed by atoms with E-state index in [2.05, 4.69) is 4.98 Å². The Bertz CT molecular complexity index is 653. The number of hydrogen-bond donors (Lipinski definition) is 6. The number of nitrogens with zero attached hydrogens (tertiary/aromatic N) is 2. The van der Waals surface area contributed by atoms with E-state index in [9.17, 15) is 15.0 Å². The minimum absolute atomic E-state index is 0.0537. The molecule has 1 aliphatic rings. The predicted octanol–water partition coefficient (Wildman–Crippen LogP) is -3.22. The van der Waals surface area contributed by atoms with Crippen LogP contribution in [0.2, 0.25) is 0 Å². The van der Waals surface area contributed by atoms with Crippen LogP contribution in [-0.2, 0) is 15.1 Å². The Hall–Kier alpha value is -1.61. The normalized spacial score (nSPS) is 28.0. The van der Waals surface area contributed by atoms with Gasteiger partial charge >= 0.3 is 16.1 Å². The molecule has 0 saturated carbocycles. The van der Waals surface area contributed by atoms with Gasteiger partial charge in [-0.25, -0.2) is 4.79 Å². The molecule has 22 heavy (non-hydrogen) atoms. The Kier molecular flexibility index (Phi) is 5.95. The molecule has 0 amide bonds. The summed E-state index contributed by atoms with van der Waals surface area (Å²) in [5, 5.41) is 28.2. The van der Waals surface area contributed by atoms with Crippen LogP contribution >= 0.6 is 0 Å². The number of aliphatic hydroxyl groups is 3. The molecular formula is C9H15N3O9S. The molecule has 2 heterocycles. The summed E-state index contributed by atoms with van der Waals surface area (Å²) in [6.07, 6.45) is -3.27. The molecule has 126 valence electrons. The van der Waals surface area contributed by atoms with Gasteiger partial charge in [0.25, 0.3) is 0 Å². The highest BCUT2D eigenvalue weighted by Crippen LogP contribution is 2.27. The summed E-state index contributed by atoms with van der Waals surface area (Å²) in [5.41, 5.74) is 4.63. The van der Waals surface area contributed by atoms with Crippen molar-refractivity contribution in [2.24, 2.45) is 0 Å². The van der Waals surface area contributed by atoms with Crippen LogP contribution in [0.25, 0.3) is 0 Å². The zero-order chi connectivity index (χ0) is 17.1. The lowest BCUT2D eigenvalue weighted by Gasteiger charge is -2.16. The minimum atomic E-state index is -4.67. The molecule has 2 unspecified atom stereocenters. The van der Waals surface area contributed by atoms with Gasteiger partial charge in [-0.2, -0.15) is 13.4 Å².